The Morgan fingerprint density at radius 2 is 1.84 bits per heavy atom. The van der Waals surface area contributed by atoms with Crippen LogP contribution < -0.4 is 10.2 Å². The Balaban J connectivity index is 1.42. The summed E-state index contributed by atoms with van der Waals surface area (Å²) in [6.45, 7) is 7.72. The average Bonchev–Trinajstić information content (AvgIpc) is 3.24. The van der Waals surface area contributed by atoms with E-state index >= 15 is 0 Å². The molecule has 0 atom stereocenters. The van der Waals surface area contributed by atoms with Gasteiger partial charge in [0.15, 0.2) is 0 Å². The van der Waals surface area contributed by atoms with E-state index < -0.39 is 0 Å². The van der Waals surface area contributed by atoms with Crippen LogP contribution in [0.25, 0.3) is 0 Å². The maximum Gasteiger partial charge on any atom is 0.238 e. The van der Waals surface area contributed by atoms with Gasteiger partial charge in [-0.1, -0.05) is 25.4 Å². The molecule has 1 saturated heterocycles. The molecular formula is C24H28ClN5O. The molecule has 0 saturated carbocycles. The van der Waals surface area contributed by atoms with Gasteiger partial charge in [0, 0.05) is 42.6 Å². The zero-order valence-corrected chi connectivity index (χ0v) is 18.9. The molecule has 1 amide bonds. The second kappa shape index (κ2) is 9.25. The molecule has 1 N–H and O–H groups in total. The number of nitrogens with zero attached hydrogens (tertiary/aromatic N) is 4. The van der Waals surface area contributed by atoms with E-state index in [-0.39, 0.29) is 5.91 Å². The molecule has 1 fully saturated rings. The minimum atomic E-state index is -0.0359. The maximum atomic E-state index is 12.4. The summed E-state index contributed by atoms with van der Waals surface area (Å²) in [4.78, 5) is 21.8. The van der Waals surface area contributed by atoms with E-state index in [1.165, 1.54) is 11.1 Å². The number of fused-ring (bicyclic) bond motifs is 1. The first kappa shape index (κ1) is 21.6. The predicted molar refractivity (Wildman–Crippen MR) is 124 cm³/mol. The molecule has 2 aliphatic rings. The second-order valence-corrected chi connectivity index (χ2v) is 9.03. The molecule has 4 rings (SSSR count). The standard InChI is InChI=1S/C24H28ClN5O/c1-16(2)23-20-5-3-4-19(20)21(14-26)24(28-23)30-12-10-29(11-13-30)15-22(31)27-18-8-6-17(25)7-9-18/h6-9,16H,3-5,10-13,15H2,1-2H3,(H,27,31). The van der Waals surface area contributed by atoms with Crippen molar-refractivity contribution in [2.24, 2.45) is 0 Å². The Morgan fingerprint density at radius 3 is 2.48 bits per heavy atom. The van der Waals surface area contributed by atoms with E-state index in [2.05, 4.69) is 35.0 Å². The molecule has 1 aromatic heterocycles. The Hall–Kier alpha value is -2.62. The van der Waals surface area contributed by atoms with E-state index in [0.29, 0.717) is 17.5 Å². The van der Waals surface area contributed by atoms with Crippen molar-refractivity contribution in [3.8, 4) is 6.07 Å². The van der Waals surface area contributed by atoms with E-state index in [0.717, 1.165) is 68.2 Å². The van der Waals surface area contributed by atoms with Crippen LogP contribution in [0.5, 0.6) is 0 Å². The van der Waals surface area contributed by atoms with Crippen molar-refractivity contribution >= 4 is 29.0 Å². The highest BCUT2D eigenvalue weighted by Gasteiger charge is 2.28. The van der Waals surface area contributed by atoms with Crippen LogP contribution in [0.1, 0.15) is 48.6 Å². The number of carbonyl (C=O) groups excluding carboxylic acids is 1. The summed E-state index contributed by atoms with van der Waals surface area (Å²) in [5, 5.41) is 13.4. The second-order valence-electron chi connectivity index (χ2n) is 8.59. The van der Waals surface area contributed by atoms with Crippen LogP contribution in [-0.4, -0.2) is 48.5 Å². The number of anilines is 2. The minimum Gasteiger partial charge on any atom is -0.353 e. The number of piperazine rings is 1. The smallest absolute Gasteiger partial charge is 0.238 e. The molecule has 0 unspecified atom stereocenters. The predicted octanol–water partition coefficient (Wildman–Crippen LogP) is 3.98. The third-order valence-electron chi connectivity index (χ3n) is 6.10. The summed E-state index contributed by atoms with van der Waals surface area (Å²) in [5.41, 5.74) is 5.15. The molecule has 2 aromatic rings. The molecule has 2 heterocycles. The molecule has 6 nitrogen and oxygen atoms in total. The normalized spacial score (nSPS) is 16.3. The number of amides is 1. The van der Waals surface area contributed by atoms with Gasteiger partial charge in [-0.15, -0.1) is 0 Å². The van der Waals surface area contributed by atoms with Crippen molar-refractivity contribution in [3.63, 3.8) is 0 Å². The molecule has 0 spiro atoms. The number of benzene rings is 1. The third kappa shape index (κ3) is 4.68. The van der Waals surface area contributed by atoms with Gasteiger partial charge in [0.2, 0.25) is 5.91 Å². The Kier molecular flexibility index (Phi) is 6.45. The number of halogens is 1. The summed E-state index contributed by atoms with van der Waals surface area (Å²) >= 11 is 5.90. The van der Waals surface area contributed by atoms with Crippen molar-refractivity contribution in [3.05, 3.63) is 51.7 Å². The number of rotatable bonds is 5. The fourth-order valence-electron chi connectivity index (χ4n) is 4.55. The van der Waals surface area contributed by atoms with E-state index in [4.69, 9.17) is 16.6 Å². The van der Waals surface area contributed by atoms with Crippen LogP contribution in [0.15, 0.2) is 24.3 Å². The van der Waals surface area contributed by atoms with Crippen molar-refractivity contribution < 1.29 is 4.79 Å². The lowest BCUT2D eigenvalue weighted by molar-refractivity contribution is -0.117. The number of carbonyl (C=O) groups is 1. The van der Waals surface area contributed by atoms with E-state index in [9.17, 15) is 10.1 Å². The topological polar surface area (TPSA) is 72.3 Å². The van der Waals surface area contributed by atoms with Gasteiger partial charge >= 0.3 is 0 Å². The van der Waals surface area contributed by atoms with Gasteiger partial charge in [0.05, 0.1) is 12.1 Å². The van der Waals surface area contributed by atoms with Crippen molar-refractivity contribution in [2.75, 3.05) is 42.9 Å². The van der Waals surface area contributed by atoms with Gasteiger partial charge in [-0.3, -0.25) is 9.69 Å². The third-order valence-corrected chi connectivity index (χ3v) is 6.36. The van der Waals surface area contributed by atoms with Crippen LogP contribution in [0, 0.1) is 11.3 Å². The fraction of sp³-hybridized carbons (Fsp3) is 0.458. The van der Waals surface area contributed by atoms with Gasteiger partial charge in [-0.25, -0.2) is 4.98 Å². The zero-order chi connectivity index (χ0) is 22.0. The van der Waals surface area contributed by atoms with E-state index in [1.807, 2.05) is 0 Å². The monoisotopic (exact) mass is 437 g/mol. The van der Waals surface area contributed by atoms with Crippen LogP contribution in [0.4, 0.5) is 11.5 Å². The molecule has 1 aromatic carbocycles. The number of hydrogen-bond donors (Lipinski definition) is 1. The van der Waals surface area contributed by atoms with Gasteiger partial charge in [-0.2, -0.15) is 5.26 Å². The van der Waals surface area contributed by atoms with Gasteiger partial charge in [0.25, 0.3) is 0 Å². The Labute approximate surface area is 188 Å². The first-order valence-corrected chi connectivity index (χ1v) is 11.3. The van der Waals surface area contributed by atoms with Gasteiger partial charge in [0.1, 0.15) is 11.9 Å². The van der Waals surface area contributed by atoms with Gasteiger partial charge < -0.3 is 10.2 Å². The molecule has 31 heavy (non-hydrogen) atoms. The molecular weight excluding hydrogens is 410 g/mol. The van der Waals surface area contributed by atoms with Crippen molar-refractivity contribution in [1.82, 2.24) is 9.88 Å². The highest BCUT2D eigenvalue weighted by atomic mass is 35.5. The maximum absolute atomic E-state index is 12.4. The lowest BCUT2D eigenvalue weighted by atomic mass is 9.97. The van der Waals surface area contributed by atoms with Crippen molar-refractivity contribution in [2.45, 2.75) is 39.0 Å². The molecule has 0 radical (unpaired) electrons. The van der Waals surface area contributed by atoms with Crippen LogP contribution in [-0.2, 0) is 17.6 Å². The van der Waals surface area contributed by atoms with Crippen LogP contribution in [0.2, 0.25) is 5.02 Å². The Morgan fingerprint density at radius 1 is 1.16 bits per heavy atom. The number of aromatic nitrogens is 1. The molecule has 7 heteroatoms. The quantitative estimate of drug-likeness (QED) is 0.765. The fourth-order valence-corrected chi connectivity index (χ4v) is 4.68. The summed E-state index contributed by atoms with van der Waals surface area (Å²) in [6.07, 6.45) is 3.10. The number of nitriles is 1. The highest BCUT2D eigenvalue weighted by molar-refractivity contribution is 6.30. The molecule has 1 aliphatic heterocycles. The van der Waals surface area contributed by atoms with Crippen LogP contribution in [0.3, 0.4) is 0 Å². The zero-order valence-electron chi connectivity index (χ0n) is 18.1. The minimum absolute atomic E-state index is 0.0359. The lowest BCUT2D eigenvalue weighted by Crippen LogP contribution is -2.49. The molecule has 0 bridgehead atoms. The average molecular weight is 438 g/mol. The Bertz CT molecular complexity index is 1000. The summed E-state index contributed by atoms with van der Waals surface area (Å²) in [5.74, 6) is 1.14. The SMILES string of the molecule is CC(C)c1nc(N2CCN(CC(=O)Nc3ccc(Cl)cc3)CC2)c(C#N)c2c1CCC2. The largest absolute Gasteiger partial charge is 0.353 e. The summed E-state index contributed by atoms with van der Waals surface area (Å²) in [6, 6.07) is 9.56. The number of pyridine rings is 1. The first-order valence-electron chi connectivity index (χ1n) is 10.9. The first-order chi connectivity index (χ1) is 15.0. The summed E-state index contributed by atoms with van der Waals surface area (Å²) < 4.78 is 0. The number of nitrogens with one attached hydrogen (secondary N) is 1. The van der Waals surface area contributed by atoms with Crippen molar-refractivity contribution in [1.29, 1.82) is 5.26 Å². The van der Waals surface area contributed by atoms with Crippen LogP contribution >= 0.6 is 11.6 Å². The van der Waals surface area contributed by atoms with E-state index in [1.54, 1.807) is 24.3 Å². The van der Waals surface area contributed by atoms with Gasteiger partial charge in [-0.05, 0) is 60.6 Å². The number of hydrogen-bond acceptors (Lipinski definition) is 5. The lowest BCUT2D eigenvalue weighted by Gasteiger charge is -2.36. The summed E-state index contributed by atoms with van der Waals surface area (Å²) in [7, 11) is 0. The molecule has 1 aliphatic carbocycles. The highest BCUT2D eigenvalue weighted by Crippen LogP contribution is 2.35. The molecule has 162 valence electrons.